The van der Waals surface area contributed by atoms with Gasteiger partial charge in [0.25, 0.3) is 0 Å². The number of anilines is 1. The van der Waals surface area contributed by atoms with Gasteiger partial charge in [0.15, 0.2) is 0 Å². The summed E-state index contributed by atoms with van der Waals surface area (Å²) in [7, 11) is 0. The van der Waals surface area contributed by atoms with E-state index < -0.39 is 0 Å². The van der Waals surface area contributed by atoms with Gasteiger partial charge in [-0.1, -0.05) is 0 Å². The van der Waals surface area contributed by atoms with Crippen molar-refractivity contribution in [2.24, 2.45) is 5.92 Å². The molecule has 1 fully saturated rings. The molecule has 0 aromatic carbocycles. The smallest absolute Gasteiger partial charge is 0.131 e. The molecule has 0 spiro atoms. The Balaban J connectivity index is 2.09. The Morgan fingerprint density at radius 1 is 1.33 bits per heavy atom. The van der Waals surface area contributed by atoms with E-state index >= 15 is 0 Å². The molecule has 1 aromatic heterocycles. The van der Waals surface area contributed by atoms with Gasteiger partial charge in [0.05, 0.1) is 0 Å². The van der Waals surface area contributed by atoms with Crippen molar-refractivity contribution in [3.63, 3.8) is 0 Å². The van der Waals surface area contributed by atoms with Crippen LogP contribution in [0.5, 0.6) is 0 Å². The maximum absolute atomic E-state index is 4.77. The summed E-state index contributed by atoms with van der Waals surface area (Å²) in [4.78, 5) is 7.23. The number of rotatable bonds is 6. The molecule has 0 unspecified atom stereocenters. The lowest BCUT2D eigenvalue weighted by Gasteiger charge is -2.29. The van der Waals surface area contributed by atoms with Gasteiger partial charge in [0.1, 0.15) is 5.82 Å². The van der Waals surface area contributed by atoms with Crippen LogP contribution in [0.4, 0.5) is 5.82 Å². The van der Waals surface area contributed by atoms with E-state index in [1.54, 1.807) is 0 Å². The first-order valence-electron chi connectivity index (χ1n) is 8.23. The number of aromatic nitrogens is 1. The molecule has 1 aliphatic rings. The van der Waals surface area contributed by atoms with Gasteiger partial charge in [0, 0.05) is 30.9 Å². The topological polar surface area (TPSA) is 28.2 Å². The third-order valence-electron chi connectivity index (χ3n) is 3.98. The molecular formula is C18H31N3. The number of aryl methyl sites for hydroxylation is 1. The van der Waals surface area contributed by atoms with Crippen molar-refractivity contribution < 1.29 is 0 Å². The third-order valence-corrected chi connectivity index (χ3v) is 3.98. The first kappa shape index (κ1) is 16.3. The second-order valence-electron chi connectivity index (χ2n) is 7.78. The number of hydrogen-bond donors (Lipinski definition) is 1. The van der Waals surface area contributed by atoms with Gasteiger partial charge in [-0.05, 0) is 77.5 Å². The maximum atomic E-state index is 4.77. The molecule has 2 rings (SSSR count). The van der Waals surface area contributed by atoms with Gasteiger partial charge in [-0.3, -0.25) is 0 Å². The molecule has 1 aromatic rings. The van der Waals surface area contributed by atoms with E-state index in [0.717, 1.165) is 24.8 Å². The minimum Gasteiger partial charge on any atom is -0.354 e. The fourth-order valence-electron chi connectivity index (χ4n) is 2.51. The average Bonchev–Trinajstić information content (AvgIpc) is 3.17. The van der Waals surface area contributed by atoms with E-state index in [4.69, 9.17) is 4.98 Å². The van der Waals surface area contributed by atoms with Crippen molar-refractivity contribution in [3.05, 3.63) is 23.4 Å². The molecule has 0 saturated heterocycles. The largest absolute Gasteiger partial charge is 0.354 e. The highest BCUT2D eigenvalue weighted by molar-refractivity contribution is 5.48. The monoisotopic (exact) mass is 289 g/mol. The van der Waals surface area contributed by atoms with Crippen LogP contribution in [-0.4, -0.2) is 23.1 Å². The molecule has 0 amide bonds. The molecule has 0 atom stereocenters. The average molecular weight is 289 g/mol. The quantitative estimate of drug-likeness (QED) is 0.861. The molecule has 1 saturated carbocycles. The molecule has 21 heavy (non-hydrogen) atoms. The Labute approximate surface area is 130 Å². The summed E-state index contributed by atoms with van der Waals surface area (Å²) in [6.45, 7) is 15.3. The molecule has 0 radical (unpaired) electrons. The van der Waals surface area contributed by atoms with Crippen molar-refractivity contribution in [1.82, 2.24) is 10.3 Å². The lowest BCUT2D eigenvalue weighted by Crippen LogP contribution is -2.35. The maximum Gasteiger partial charge on any atom is 0.131 e. The number of pyridine rings is 1. The predicted octanol–water partition coefficient (Wildman–Crippen LogP) is 3.90. The highest BCUT2D eigenvalue weighted by atomic mass is 15.2. The lowest BCUT2D eigenvalue weighted by atomic mass is 10.1. The number of nitrogens with one attached hydrogen (secondary N) is 1. The van der Waals surface area contributed by atoms with Crippen molar-refractivity contribution in [2.75, 3.05) is 11.4 Å². The third kappa shape index (κ3) is 4.99. The Kier molecular flexibility index (Phi) is 4.92. The second-order valence-corrected chi connectivity index (χ2v) is 7.78. The fourth-order valence-corrected chi connectivity index (χ4v) is 2.51. The molecule has 0 aliphatic heterocycles. The minimum atomic E-state index is 0.141. The van der Waals surface area contributed by atoms with E-state index in [0.29, 0.717) is 6.04 Å². The van der Waals surface area contributed by atoms with Crippen LogP contribution in [0.15, 0.2) is 12.3 Å². The Morgan fingerprint density at radius 3 is 2.48 bits per heavy atom. The normalized spacial score (nSPS) is 15.6. The van der Waals surface area contributed by atoms with Crippen LogP contribution >= 0.6 is 0 Å². The van der Waals surface area contributed by atoms with E-state index in [1.165, 1.54) is 24.0 Å². The SMILES string of the molecule is Cc1cc(CNC(C)(C)C)cnc1N(CC1CC1)C(C)C. The summed E-state index contributed by atoms with van der Waals surface area (Å²) >= 11 is 0. The summed E-state index contributed by atoms with van der Waals surface area (Å²) in [5.74, 6) is 2.05. The van der Waals surface area contributed by atoms with E-state index in [2.05, 4.69) is 57.8 Å². The molecule has 1 heterocycles. The van der Waals surface area contributed by atoms with E-state index in [1.807, 2.05) is 6.20 Å². The fraction of sp³-hybridized carbons (Fsp3) is 0.722. The number of hydrogen-bond acceptors (Lipinski definition) is 3. The zero-order valence-corrected chi connectivity index (χ0v) is 14.5. The first-order chi connectivity index (χ1) is 9.76. The Morgan fingerprint density at radius 2 is 2.00 bits per heavy atom. The summed E-state index contributed by atoms with van der Waals surface area (Å²) < 4.78 is 0. The highest BCUT2D eigenvalue weighted by Gasteiger charge is 2.26. The van der Waals surface area contributed by atoms with Crippen LogP contribution in [0.3, 0.4) is 0 Å². The van der Waals surface area contributed by atoms with E-state index in [-0.39, 0.29) is 5.54 Å². The second kappa shape index (κ2) is 6.35. The predicted molar refractivity (Wildman–Crippen MR) is 90.8 cm³/mol. The number of nitrogens with zero attached hydrogens (tertiary/aromatic N) is 2. The van der Waals surface area contributed by atoms with Crippen molar-refractivity contribution >= 4 is 5.82 Å². The molecular weight excluding hydrogens is 258 g/mol. The summed E-state index contributed by atoms with van der Waals surface area (Å²) in [5.41, 5.74) is 2.70. The van der Waals surface area contributed by atoms with Crippen molar-refractivity contribution in [3.8, 4) is 0 Å². The minimum absolute atomic E-state index is 0.141. The van der Waals surface area contributed by atoms with Crippen molar-refractivity contribution in [2.45, 2.75) is 72.5 Å². The highest BCUT2D eigenvalue weighted by Crippen LogP contribution is 2.32. The van der Waals surface area contributed by atoms with E-state index in [9.17, 15) is 0 Å². The van der Waals surface area contributed by atoms with Gasteiger partial charge in [-0.2, -0.15) is 0 Å². The summed E-state index contributed by atoms with van der Waals surface area (Å²) in [6, 6.07) is 2.79. The Bertz CT molecular complexity index is 470. The summed E-state index contributed by atoms with van der Waals surface area (Å²) in [5, 5.41) is 3.53. The summed E-state index contributed by atoms with van der Waals surface area (Å²) in [6.07, 6.45) is 4.80. The lowest BCUT2D eigenvalue weighted by molar-refractivity contribution is 0.424. The molecule has 1 aliphatic carbocycles. The standard InChI is InChI=1S/C18H31N3/c1-13(2)21(12-15-7-8-15)17-14(3)9-16(10-19-17)11-20-18(4,5)6/h9-10,13,15,20H,7-8,11-12H2,1-6H3. The molecule has 118 valence electrons. The van der Waals surface area contributed by atoms with Gasteiger partial charge in [0.2, 0.25) is 0 Å². The van der Waals surface area contributed by atoms with Crippen LogP contribution in [0, 0.1) is 12.8 Å². The van der Waals surface area contributed by atoms with Gasteiger partial charge in [-0.25, -0.2) is 4.98 Å². The van der Waals surface area contributed by atoms with Crippen LogP contribution in [0.1, 0.15) is 58.6 Å². The van der Waals surface area contributed by atoms with Crippen LogP contribution in [0.2, 0.25) is 0 Å². The van der Waals surface area contributed by atoms with Gasteiger partial charge in [-0.15, -0.1) is 0 Å². The molecule has 3 heteroatoms. The molecule has 0 bridgehead atoms. The Hall–Kier alpha value is -1.09. The first-order valence-corrected chi connectivity index (χ1v) is 8.23. The van der Waals surface area contributed by atoms with Crippen LogP contribution in [-0.2, 0) is 6.54 Å². The van der Waals surface area contributed by atoms with Crippen LogP contribution < -0.4 is 10.2 Å². The molecule has 1 N–H and O–H groups in total. The molecule has 3 nitrogen and oxygen atoms in total. The zero-order valence-electron chi connectivity index (χ0n) is 14.5. The van der Waals surface area contributed by atoms with Crippen LogP contribution in [0.25, 0.3) is 0 Å². The van der Waals surface area contributed by atoms with Crippen molar-refractivity contribution in [1.29, 1.82) is 0 Å². The van der Waals surface area contributed by atoms with Gasteiger partial charge >= 0.3 is 0 Å². The van der Waals surface area contributed by atoms with Gasteiger partial charge < -0.3 is 10.2 Å². The zero-order chi connectivity index (χ0) is 15.6.